The van der Waals surface area contributed by atoms with Crippen LogP contribution in [0.4, 0.5) is 5.69 Å². The van der Waals surface area contributed by atoms with Gasteiger partial charge in [0.2, 0.25) is 0 Å². The van der Waals surface area contributed by atoms with Crippen LogP contribution in [0.2, 0.25) is 0 Å². The number of rotatable bonds is 3. The van der Waals surface area contributed by atoms with Crippen LogP contribution in [0.15, 0.2) is 18.3 Å². The summed E-state index contributed by atoms with van der Waals surface area (Å²) < 4.78 is 5.32. The summed E-state index contributed by atoms with van der Waals surface area (Å²) in [4.78, 5) is 6.43. The normalized spacial score (nSPS) is 22.2. The van der Waals surface area contributed by atoms with E-state index in [2.05, 4.69) is 9.88 Å². The fourth-order valence-corrected chi connectivity index (χ4v) is 1.86. The van der Waals surface area contributed by atoms with Gasteiger partial charge in [0.15, 0.2) is 0 Å². The molecule has 0 radical (unpaired) electrons. The molecule has 0 saturated carbocycles. The lowest BCUT2D eigenvalue weighted by Crippen LogP contribution is -2.46. The maximum atomic E-state index is 9.23. The first-order valence-electron chi connectivity index (χ1n) is 5.42. The molecule has 1 aliphatic rings. The number of morpholine rings is 1. The molecule has 0 spiro atoms. The number of aromatic nitrogens is 1. The number of aliphatic hydroxyl groups excluding tert-OH is 1. The Balaban J connectivity index is 2.02. The second-order valence-electron chi connectivity index (χ2n) is 3.96. The molecule has 1 unspecified atom stereocenters. The van der Waals surface area contributed by atoms with Gasteiger partial charge in [-0.1, -0.05) is 0 Å². The van der Waals surface area contributed by atoms with Crippen molar-refractivity contribution in [1.29, 1.82) is 0 Å². The topological polar surface area (TPSA) is 71.6 Å². The molecule has 3 N–H and O–H groups in total. The Labute approximate surface area is 94.8 Å². The number of hydrogen-bond acceptors (Lipinski definition) is 5. The van der Waals surface area contributed by atoms with Crippen LogP contribution in [0.1, 0.15) is 5.69 Å². The molecule has 0 amide bonds. The van der Waals surface area contributed by atoms with Gasteiger partial charge in [-0.25, -0.2) is 0 Å². The smallest absolute Gasteiger partial charge is 0.0645 e. The van der Waals surface area contributed by atoms with Crippen LogP contribution in [-0.4, -0.2) is 47.4 Å². The lowest BCUT2D eigenvalue weighted by molar-refractivity contribution is -0.0317. The molecule has 1 aromatic rings. The number of pyridine rings is 1. The molecular weight excluding hydrogens is 206 g/mol. The minimum absolute atomic E-state index is 0.0666. The lowest BCUT2D eigenvalue weighted by Gasteiger charge is -2.34. The Morgan fingerprint density at radius 1 is 1.62 bits per heavy atom. The molecule has 0 aromatic carbocycles. The second kappa shape index (κ2) is 5.25. The highest BCUT2D eigenvalue weighted by Crippen LogP contribution is 2.12. The van der Waals surface area contributed by atoms with Crippen LogP contribution in [-0.2, 0) is 11.3 Å². The van der Waals surface area contributed by atoms with Gasteiger partial charge in [-0.15, -0.1) is 0 Å². The van der Waals surface area contributed by atoms with Crippen molar-refractivity contribution in [3.05, 3.63) is 24.0 Å². The minimum Gasteiger partial charge on any atom is -0.399 e. The third kappa shape index (κ3) is 2.69. The van der Waals surface area contributed by atoms with Gasteiger partial charge in [-0.2, -0.15) is 0 Å². The maximum absolute atomic E-state index is 9.23. The lowest BCUT2D eigenvalue weighted by atomic mass is 10.2. The van der Waals surface area contributed by atoms with Crippen molar-refractivity contribution >= 4 is 5.69 Å². The highest BCUT2D eigenvalue weighted by Gasteiger charge is 2.22. The van der Waals surface area contributed by atoms with E-state index < -0.39 is 0 Å². The van der Waals surface area contributed by atoms with Crippen molar-refractivity contribution in [3.63, 3.8) is 0 Å². The summed E-state index contributed by atoms with van der Waals surface area (Å²) in [6, 6.07) is 3.70. The SMILES string of the molecule is Nc1ccnc(CN2CCOCC2CO)c1. The number of nitrogen functional groups attached to an aromatic ring is 1. The van der Waals surface area contributed by atoms with Gasteiger partial charge in [0.25, 0.3) is 0 Å². The van der Waals surface area contributed by atoms with E-state index in [9.17, 15) is 5.11 Å². The first-order chi connectivity index (χ1) is 7.79. The number of nitrogens with zero attached hydrogens (tertiary/aromatic N) is 2. The summed E-state index contributed by atoms with van der Waals surface area (Å²) in [5, 5.41) is 9.23. The highest BCUT2D eigenvalue weighted by atomic mass is 16.5. The third-order valence-electron chi connectivity index (χ3n) is 2.77. The molecule has 16 heavy (non-hydrogen) atoms. The molecule has 2 heterocycles. The Bertz CT molecular complexity index is 346. The van der Waals surface area contributed by atoms with E-state index in [1.807, 2.05) is 6.07 Å². The van der Waals surface area contributed by atoms with E-state index in [0.29, 0.717) is 19.8 Å². The maximum Gasteiger partial charge on any atom is 0.0645 e. The van der Waals surface area contributed by atoms with Crippen molar-refractivity contribution in [2.75, 3.05) is 32.1 Å². The molecule has 5 heteroatoms. The molecule has 1 aromatic heterocycles. The monoisotopic (exact) mass is 223 g/mol. The van der Waals surface area contributed by atoms with E-state index in [0.717, 1.165) is 17.9 Å². The van der Waals surface area contributed by atoms with Crippen molar-refractivity contribution in [3.8, 4) is 0 Å². The Kier molecular flexibility index (Phi) is 3.71. The summed E-state index contributed by atoms with van der Waals surface area (Å²) in [6.07, 6.45) is 1.71. The number of hydrogen-bond donors (Lipinski definition) is 2. The van der Waals surface area contributed by atoms with Crippen LogP contribution in [0, 0.1) is 0 Å². The van der Waals surface area contributed by atoms with E-state index in [1.165, 1.54) is 0 Å². The molecule has 0 aliphatic carbocycles. The number of ether oxygens (including phenoxy) is 1. The minimum atomic E-state index is 0.0666. The van der Waals surface area contributed by atoms with Crippen LogP contribution < -0.4 is 5.73 Å². The highest BCUT2D eigenvalue weighted by molar-refractivity contribution is 5.37. The van der Waals surface area contributed by atoms with Gasteiger partial charge in [-0.05, 0) is 12.1 Å². The van der Waals surface area contributed by atoms with Crippen molar-refractivity contribution < 1.29 is 9.84 Å². The largest absolute Gasteiger partial charge is 0.399 e. The third-order valence-corrected chi connectivity index (χ3v) is 2.77. The zero-order valence-electron chi connectivity index (χ0n) is 9.17. The van der Waals surface area contributed by atoms with Crippen LogP contribution in [0.3, 0.4) is 0 Å². The Morgan fingerprint density at radius 2 is 2.50 bits per heavy atom. The van der Waals surface area contributed by atoms with E-state index in [4.69, 9.17) is 10.5 Å². The first-order valence-corrected chi connectivity index (χ1v) is 5.42. The van der Waals surface area contributed by atoms with Crippen LogP contribution >= 0.6 is 0 Å². The zero-order chi connectivity index (χ0) is 11.4. The van der Waals surface area contributed by atoms with Gasteiger partial charge < -0.3 is 15.6 Å². The van der Waals surface area contributed by atoms with Crippen molar-refractivity contribution in [2.24, 2.45) is 0 Å². The average Bonchev–Trinajstić information content (AvgIpc) is 2.30. The Hall–Kier alpha value is -1.17. The summed E-state index contributed by atoms with van der Waals surface area (Å²) in [5.74, 6) is 0. The molecule has 2 rings (SSSR count). The van der Waals surface area contributed by atoms with Crippen LogP contribution in [0.25, 0.3) is 0 Å². The van der Waals surface area contributed by atoms with Gasteiger partial charge in [0.1, 0.15) is 0 Å². The summed E-state index contributed by atoms with van der Waals surface area (Å²) in [7, 11) is 0. The molecule has 1 saturated heterocycles. The summed E-state index contributed by atoms with van der Waals surface area (Å²) >= 11 is 0. The van der Waals surface area contributed by atoms with E-state index >= 15 is 0 Å². The first kappa shape index (κ1) is 11.3. The number of nitrogens with two attached hydrogens (primary N) is 1. The number of anilines is 1. The quantitative estimate of drug-likeness (QED) is 0.746. The van der Waals surface area contributed by atoms with Crippen LogP contribution in [0.5, 0.6) is 0 Å². The van der Waals surface area contributed by atoms with Crippen molar-refractivity contribution in [1.82, 2.24) is 9.88 Å². The molecule has 0 bridgehead atoms. The van der Waals surface area contributed by atoms with Gasteiger partial charge in [0, 0.05) is 25.0 Å². The molecule has 88 valence electrons. The van der Waals surface area contributed by atoms with E-state index in [-0.39, 0.29) is 12.6 Å². The fraction of sp³-hybridized carbons (Fsp3) is 0.545. The summed E-state index contributed by atoms with van der Waals surface area (Å²) in [5.41, 5.74) is 7.35. The predicted octanol–water partition coefficient (Wildman–Crippen LogP) is -0.143. The standard InChI is InChI=1S/C11H17N3O2/c12-9-1-2-13-10(5-9)6-14-3-4-16-8-11(14)7-15/h1-2,5,11,15H,3-4,6-8H2,(H2,12,13). The molecular formula is C11H17N3O2. The fourth-order valence-electron chi connectivity index (χ4n) is 1.86. The van der Waals surface area contributed by atoms with Gasteiger partial charge in [-0.3, -0.25) is 9.88 Å². The molecule has 1 aliphatic heterocycles. The van der Waals surface area contributed by atoms with Gasteiger partial charge >= 0.3 is 0 Å². The van der Waals surface area contributed by atoms with Crippen molar-refractivity contribution in [2.45, 2.75) is 12.6 Å². The molecule has 1 fully saturated rings. The average molecular weight is 223 g/mol. The Morgan fingerprint density at radius 3 is 3.25 bits per heavy atom. The molecule has 1 atom stereocenters. The number of aliphatic hydroxyl groups is 1. The zero-order valence-corrected chi connectivity index (χ0v) is 9.17. The predicted molar refractivity (Wildman–Crippen MR) is 60.8 cm³/mol. The van der Waals surface area contributed by atoms with E-state index in [1.54, 1.807) is 12.3 Å². The summed E-state index contributed by atoms with van der Waals surface area (Å²) in [6.45, 7) is 2.93. The van der Waals surface area contributed by atoms with Gasteiger partial charge in [0.05, 0.1) is 31.6 Å². The molecule has 5 nitrogen and oxygen atoms in total. The second-order valence-corrected chi connectivity index (χ2v) is 3.96.